The molecule has 0 heterocycles. The number of hydrogen-bond donors (Lipinski definition) is 2. The second kappa shape index (κ2) is 5.98. The molecule has 2 rings (SSSR count). The number of hydrogen-bond acceptors (Lipinski definition) is 2. The van der Waals surface area contributed by atoms with Gasteiger partial charge in [0, 0.05) is 12.1 Å². The van der Waals surface area contributed by atoms with Crippen molar-refractivity contribution in [2.75, 3.05) is 6.54 Å². The van der Waals surface area contributed by atoms with Crippen LogP contribution in [0.1, 0.15) is 31.9 Å². The third-order valence-corrected chi connectivity index (χ3v) is 3.52. The fraction of sp³-hybridized carbons (Fsp3) is 0.375. The molecule has 0 fully saturated rings. The molecule has 0 spiro atoms. The van der Waals surface area contributed by atoms with Crippen LogP contribution < -0.4 is 11.1 Å². The van der Waals surface area contributed by atoms with Crippen molar-refractivity contribution in [2.45, 2.75) is 32.4 Å². The minimum Gasteiger partial charge on any atom is -0.323 e. The van der Waals surface area contributed by atoms with Gasteiger partial charge in [-0.05, 0) is 29.3 Å². The molecule has 2 aromatic carbocycles. The SMILES string of the molecule is CCNC(CC)C(N)c1cccc2ccccc12. The highest BCUT2D eigenvalue weighted by Crippen LogP contribution is 2.25. The molecule has 0 aliphatic rings. The van der Waals surface area contributed by atoms with E-state index in [1.54, 1.807) is 0 Å². The van der Waals surface area contributed by atoms with Crippen LogP contribution in [0.15, 0.2) is 42.5 Å². The van der Waals surface area contributed by atoms with E-state index in [4.69, 9.17) is 5.73 Å². The summed E-state index contributed by atoms with van der Waals surface area (Å²) in [6.07, 6.45) is 1.04. The summed E-state index contributed by atoms with van der Waals surface area (Å²) in [6.45, 7) is 5.26. The topological polar surface area (TPSA) is 38.0 Å². The highest BCUT2D eigenvalue weighted by Gasteiger charge is 2.18. The number of benzene rings is 2. The van der Waals surface area contributed by atoms with E-state index < -0.39 is 0 Å². The lowest BCUT2D eigenvalue weighted by Crippen LogP contribution is -2.38. The maximum Gasteiger partial charge on any atom is 0.0456 e. The number of rotatable bonds is 5. The normalized spacial score (nSPS) is 14.6. The lowest BCUT2D eigenvalue weighted by Gasteiger charge is -2.25. The molecule has 96 valence electrons. The van der Waals surface area contributed by atoms with Crippen molar-refractivity contribution in [3.05, 3.63) is 48.0 Å². The predicted molar refractivity (Wildman–Crippen MR) is 78.6 cm³/mol. The first kappa shape index (κ1) is 13.1. The van der Waals surface area contributed by atoms with Crippen molar-refractivity contribution in [2.24, 2.45) is 5.73 Å². The van der Waals surface area contributed by atoms with Crippen LogP contribution in [-0.2, 0) is 0 Å². The smallest absolute Gasteiger partial charge is 0.0456 e. The van der Waals surface area contributed by atoms with Crippen LogP contribution in [0.25, 0.3) is 10.8 Å². The van der Waals surface area contributed by atoms with E-state index in [0.717, 1.165) is 13.0 Å². The van der Waals surface area contributed by atoms with Crippen molar-refractivity contribution < 1.29 is 0 Å². The van der Waals surface area contributed by atoms with Crippen molar-refractivity contribution in [1.29, 1.82) is 0 Å². The maximum absolute atomic E-state index is 6.44. The van der Waals surface area contributed by atoms with Gasteiger partial charge in [0.1, 0.15) is 0 Å². The first-order valence-corrected chi connectivity index (χ1v) is 6.74. The summed E-state index contributed by atoms with van der Waals surface area (Å²) in [5, 5.41) is 6.00. The minimum atomic E-state index is 0.0426. The Bertz CT molecular complexity index is 502. The third kappa shape index (κ3) is 2.55. The first-order valence-electron chi connectivity index (χ1n) is 6.74. The Morgan fingerprint density at radius 1 is 1.06 bits per heavy atom. The van der Waals surface area contributed by atoms with Gasteiger partial charge in [-0.25, -0.2) is 0 Å². The molecule has 0 aliphatic heterocycles. The average Bonchev–Trinajstić information content (AvgIpc) is 2.43. The lowest BCUT2D eigenvalue weighted by molar-refractivity contribution is 0.438. The van der Waals surface area contributed by atoms with Gasteiger partial charge in [-0.2, -0.15) is 0 Å². The molecular formula is C16H22N2. The van der Waals surface area contributed by atoms with Gasteiger partial charge >= 0.3 is 0 Å². The molecule has 0 aromatic heterocycles. The van der Waals surface area contributed by atoms with Crippen LogP contribution in [0.4, 0.5) is 0 Å². The van der Waals surface area contributed by atoms with Crippen molar-refractivity contribution in [1.82, 2.24) is 5.32 Å². The zero-order valence-corrected chi connectivity index (χ0v) is 11.2. The summed E-state index contributed by atoms with van der Waals surface area (Å²) in [7, 11) is 0. The number of nitrogens with two attached hydrogens (primary N) is 1. The van der Waals surface area contributed by atoms with E-state index in [1.807, 2.05) is 0 Å². The molecule has 3 N–H and O–H groups in total. The second-order valence-corrected chi connectivity index (χ2v) is 4.67. The largest absolute Gasteiger partial charge is 0.323 e. The van der Waals surface area contributed by atoms with Crippen LogP contribution in [0, 0.1) is 0 Å². The van der Waals surface area contributed by atoms with Gasteiger partial charge in [-0.1, -0.05) is 56.3 Å². The molecule has 0 saturated heterocycles. The lowest BCUT2D eigenvalue weighted by atomic mass is 9.93. The fourth-order valence-electron chi connectivity index (χ4n) is 2.55. The summed E-state index contributed by atoms with van der Waals surface area (Å²) in [4.78, 5) is 0. The van der Waals surface area contributed by atoms with E-state index >= 15 is 0 Å². The molecule has 2 aromatic rings. The number of fused-ring (bicyclic) bond motifs is 1. The van der Waals surface area contributed by atoms with Gasteiger partial charge in [0.05, 0.1) is 0 Å². The summed E-state index contributed by atoms with van der Waals surface area (Å²) in [6, 6.07) is 15.2. The zero-order valence-electron chi connectivity index (χ0n) is 11.2. The minimum absolute atomic E-state index is 0.0426. The predicted octanol–water partition coefficient (Wildman–Crippen LogP) is 3.23. The molecule has 0 bridgehead atoms. The fourth-order valence-corrected chi connectivity index (χ4v) is 2.55. The molecule has 2 nitrogen and oxygen atoms in total. The Labute approximate surface area is 109 Å². The molecule has 2 atom stereocenters. The van der Waals surface area contributed by atoms with Crippen LogP contribution in [-0.4, -0.2) is 12.6 Å². The second-order valence-electron chi connectivity index (χ2n) is 4.67. The summed E-state index contributed by atoms with van der Waals surface area (Å²) in [5.41, 5.74) is 7.68. The highest BCUT2D eigenvalue weighted by molar-refractivity contribution is 5.86. The molecule has 0 amide bonds. The van der Waals surface area contributed by atoms with Crippen LogP contribution in [0.2, 0.25) is 0 Å². The van der Waals surface area contributed by atoms with Crippen molar-refractivity contribution in [3.8, 4) is 0 Å². The van der Waals surface area contributed by atoms with E-state index in [-0.39, 0.29) is 6.04 Å². The van der Waals surface area contributed by atoms with Gasteiger partial charge in [-0.3, -0.25) is 0 Å². The Kier molecular flexibility index (Phi) is 4.34. The van der Waals surface area contributed by atoms with Crippen LogP contribution in [0.3, 0.4) is 0 Å². The van der Waals surface area contributed by atoms with Crippen LogP contribution >= 0.6 is 0 Å². The monoisotopic (exact) mass is 242 g/mol. The summed E-state index contributed by atoms with van der Waals surface area (Å²) >= 11 is 0. The molecule has 0 aliphatic carbocycles. The Morgan fingerprint density at radius 2 is 1.78 bits per heavy atom. The van der Waals surface area contributed by atoms with Gasteiger partial charge in [0.2, 0.25) is 0 Å². The Morgan fingerprint density at radius 3 is 2.50 bits per heavy atom. The van der Waals surface area contributed by atoms with E-state index in [9.17, 15) is 0 Å². The number of likely N-dealkylation sites (N-methyl/N-ethyl adjacent to an activating group) is 1. The molecule has 0 radical (unpaired) electrons. The summed E-state index contributed by atoms with van der Waals surface area (Å²) < 4.78 is 0. The van der Waals surface area contributed by atoms with Crippen LogP contribution in [0.5, 0.6) is 0 Å². The molecule has 0 saturated carbocycles. The van der Waals surface area contributed by atoms with Gasteiger partial charge < -0.3 is 11.1 Å². The molecular weight excluding hydrogens is 220 g/mol. The highest BCUT2D eigenvalue weighted by atomic mass is 14.9. The first-order chi connectivity index (χ1) is 8.77. The molecule has 2 unspecified atom stereocenters. The van der Waals surface area contributed by atoms with Gasteiger partial charge in [-0.15, -0.1) is 0 Å². The van der Waals surface area contributed by atoms with E-state index in [1.165, 1.54) is 16.3 Å². The Balaban J connectivity index is 2.40. The standard InChI is InChI=1S/C16H22N2/c1-3-15(18-4-2)16(17)14-11-7-9-12-8-5-6-10-13(12)14/h5-11,15-16,18H,3-4,17H2,1-2H3. The molecule has 18 heavy (non-hydrogen) atoms. The third-order valence-electron chi connectivity index (χ3n) is 3.52. The van der Waals surface area contributed by atoms with Gasteiger partial charge in [0.15, 0.2) is 0 Å². The zero-order chi connectivity index (χ0) is 13.0. The van der Waals surface area contributed by atoms with E-state index in [2.05, 4.69) is 61.6 Å². The van der Waals surface area contributed by atoms with E-state index in [0.29, 0.717) is 6.04 Å². The maximum atomic E-state index is 6.44. The number of nitrogens with one attached hydrogen (secondary N) is 1. The Hall–Kier alpha value is -1.38. The average molecular weight is 242 g/mol. The quantitative estimate of drug-likeness (QED) is 0.844. The molecule has 2 heteroatoms. The van der Waals surface area contributed by atoms with Crippen molar-refractivity contribution >= 4 is 10.8 Å². The summed E-state index contributed by atoms with van der Waals surface area (Å²) in [5.74, 6) is 0. The van der Waals surface area contributed by atoms with Gasteiger partial charge in [0.25, 0.3) is 0 Å². The van der Waals surface area contributed by atoms with Crippen molar-refractivity contribution in [3.63, 3.8) is 0 Å².